The summed E-state index contributed by atoms with van der Waals surface area (Å²) in [6, 6.07) is 4.82. The van der Waals surface area contributed by atoms with Crippen molar-refractivity contribution < 1.29 is 65.5 Å². The molecule has 1 aliphatic rings. The van der Waals surface area contributed by atoms with Crippen molar-refractivity contribution in [3.05, 3.63) is 61.9 Å². The molecule has 1 aliphatic heterocycles. The average molecular weight is 774 g/mol. The molecular weight excluding hydrogens is 745 g/mol. The summed E-state index contributed by atoms with van der Waals surface area (Å²) >= 11 is 0. The first-order chi connectivity index (χ1) is 23.7. The maximum atomic E-state index is 12.9. The Balaban J connectivity index is 1.28. The van der Waals surface area contributed by atoms with Gasteiger partial charge in [-0.15, -0.1) is 0 Å². The molecule has 4 heterocycles. The normalized spacial score (nSPS) is 20.1. The van der Waals surface area contributed by atoms with Gasteiger partial charge in [-0.2, -0.15) is 13.6 Å². The molecule has 1 aromatic carbocycles. The van der Waals surface area contributed by atoms with E-state index in [1.807, 2.05) is 0 Å². The van der Waals surface area contributed by atoms with E-state index in [2.05, 4.69) is 40.3 Å². The summed E-state index contributed by atoms with van der Waals surface area (Å²) in [5, 5.41) is 13.7. The Kier molecular flexibility index (Phi) is 10.8. The molecule has 1 saturated heterocycles. The van der Waals surface area contributed by atoms with Gasteiger partial charge in [0.05, 0.1) is 42.2 Å². The first-order valence-electron chi connectivity index (χ1n) is 14.3. The predicted molar refractivity (Wildman–Crippen MR) is 174 cm³/mol. The van der Waals surface area contributed by atoms with Gasteiger partial charge in [0.15, 0.2) is 5.65 Å². The van der Waals surface area contributed by atoms with Crippen LogP contribution in [0.3, 0.4) is 0 Å². The quantitative estimate of drug-likeness (QED) is 0.0419. The van der Waals surface area contributed by atoms with Crippen LogP contribution in [0.1, 0.15) is 29.3 Å². The number of aromatic nitrogens is 3. The lowest BCUT2D eigenvalue weighted by atomic mass is 10.0. The molecule has 3 aromatic heterocycles. The third kappa shape index (κ3) is 9.19. The van der Waals surface area contributed by atoms with Crippen molar-refractivity contribution in [2.24, 2.45) is 0 Å². The number of hydrogen-bond donors (Lipinski definition) is 9. The number of aryl methyl sites for hydroxylation is 1. The number of phosphoric acid groups is 3. The Morgan fingerprint density at radius 3 is 2.59 bits per heavy atom. The molecule has 4 aromatic rings. The number of carbonyl (C=O) groups excluding carboxylic acids is 1. The Morgan fingerprint density at radius 2 is 1.88 bits per heavy atom. The number of rotatable bonds is 11. The van der Waals surface area contributed by atoms with Crippen LogP contribution in [0.25, 0.3) is 22.0 Å². The predicted octanol–water partition coefficient (Wildman–Crippen LogP) is 0.00592. The summed E-state index contributed by atoms with van der Waals surface area (Å²) in [4.78, 5) is 80.9. The van der Waals surface area contributed by atoms with Crippen molar-refractivity contribution in [1.82, 2.24) is 19.9 Å². The van der Waals surface area contributed by atoms with Crippen LogP contribution in [0, 0.1) is 18.8 Å². The Labute approximate surface area is 284 Å². The average Bonchev–Trinajstić information content (AvgIpc) is 3.54. The lowest BCUT2D eigenvalue weighted by molar-refractivity contribution is -0.120. The number of hydrogen-bond acceptors (Lipinski definition) is 15. The fourth-order valence-corrected chi connectivity index (χ4v) is 8.14. The van der Waals surface area contributed by atoms with E-state index >= 15 is 0 Å². The largest absolute Gasteiger partial charge is 0.490 e. The van der Waals surface area contributed by atoms with Crippen LogP contribution >= 0.6 is 23.5 Å². The molecule has 0 radical (unpaired) electrons. The van der Waals surface area contributed by atoms with Gasteiger partial charge in [-0.3, -0.25) is 19.1 Å². The molecule has 0 spiro atoms. The number of benzene rings is 1. The summed E-state index contributed by atoms with van der Waals surface area (Å²) in [6.07, 6.45) is -3.04. The van der Waals surface area contributed by atoms with Gasteiger partial charge in [0.1, 0.15) is 17.9 Å². The minimum atomic E-state index is -5.77. The zero-order chi connectivity index (χ0) is 37.5. The van der Waals surface area contributed by atoms with Crippen molar-refractivity contribution in [3.8, 4) is 11.8 Å². The van der Waals surface area contributed by atoms with E-state index in [1.54, 1.807) is 19.1 Å². The molecule has 0 bridgehead atoms. The number of nitrogen functional groups attached to an aromatic ring is 2. The number of nitrogens with two attached hydrogens (primary N) is 2. The second kappa shape index (κ2) is 14.4. The Bertz CT molecular complexity index is 2360. The van der Waals surface area contributed by atoms with Crippen molar-refractivity contribution in [2.45, 2.75) is 38.2 Å². The molecule has 25 heteroatoms. The third-order valence-corrected chi connectivity index (χ3v) is 11.1. The van der Waals surface area contributed by atoms with Crippen molar-refractivity contribution >= 4 is 63.0 Å². The van der Waals surface area contributed by atoms with Gasteiger partial charge in [0, 0.05) is 29.8 Å². The molecule has 1 amide bonds. The summed E-state index contributed by atoms with van der Waals surface area (Å²) in [7, 11) is -16.9. The first kappa shape index (κ1) is 38.1. The number of ether oxygens (including phenoxy) is 1. The minimum absolute atomic E-state index is 0.0319. The highest BCUT2D eigenvalue weighted by molar-refractivity contribution is 7.66. The van der Waals surface area contributed by atoms with E-state index in [4.69, 9.17) is 30.4 Å². The minimum Gasteiger partial charge on any atom is -0.422 e. The Hall–Kier alpha value is -4.19. The molecule has 22 nitrogen and oxygen atoms in total. The summed E-state index contributed by atoms with van der Waals surface area (Å²) in [5.41, 5.74) is 11.6. The number of amides is 1. The van der Waals surface area contributed by atoms with Crippen LogP contribution in [-0.4, -0.2) is 70.5 Å². The maximum Gasteiger partial charge on any atom is 0.490 e. The van der Waals surface area contributed by atoms with Crippen LogP contribution in [0.2, 0.25) is 0 Å². The van der Waals surface area contributed by atoms with E-state index < -0.39 is 65.6 Å². The number of aromatic amines is 1. The second-order valence-corrected chi connectivity index (χ2v) is 15.3. The second-order valence-electron chi connectivity index (χ2n) is 10.9. The summed E-state index contributed by atoms with van der Waals surface area (Å²) in [6.45, 7) is 0.539. The van der Waals surface area contributed by atoms with Gasteiger partial charge in [-0.1, -0.05) is 11.8 Å². The molecule has 0 aliphatic carbocycles. The summed E-state index contributed by atoms with van der Waals surface area (Å²) in [5.74, 6) is 4.62. The maximum absolute atomic E-state index is 12.9. The molecule has 0 saturated carbocycles. The highest BCUT2D eigenvalue weighted by Gasteiger charge is 2.43. The molecule has 11 N–H and O–H groups in total. The van der Waals surface area contributed by atoms with Gasteiger partial charge in [-0.05, 0) is 24.6 Å². The number of nitrogens with one attached hydrogen (secondary N) is 2. The Morgan fingerprint density at radius 1 is 1.16 bits per heavy atom. The van der Waals surface area contributed by atoms with Crippen molar-refractivity contribution in [1.29, 1.82) is 0 Å². The molecule has 1 fully saturated rings. The van der Waals surface area contributed by atoms with Gasteiger partial charge >= 0.3 is 29.1 Å². The molecule has 274 valence electrons. The van der Waals surface area contributed by atoms with Gasteiger partial charge in [-0.25, -0.2) is 18.5 Å². The lowest BCUT2D eigenvalue weighted by Gasteiger charge is -2.19. The van der Waals surface area contributed by atoms with Crippen LogP contribution in [-0.2, 0) is 42.8 Å². The monoisotopic (exact) mass is 774 g/mol. The molecular formula is C26H29N6O16P3. The number of phosphoric ester groups is 1. The van der Waals surface area contributed by atoms with Gasteiger partial charge < -0.3 is 55.2 Å². The number of aliphatic hydroxyl groups is 1. The molecule has 3 unspecified atom stereocenters. The smallest absolute Gasteiger partial charge is 0.422 e. The molecule has 51 heavy (non-hydrogen) atoms. The van der Waals surface area contributed by atoms with E-state index in [9.17, 15) is 43.0 Å². The van der Waals surface area contributed by atoms with Crippen LogP contribution < -0.4 is 28.0 Å². The fourth-order valence-electron chi connectivity index (χ4n) is 5.11. The topological polar surface area (TPSA) is 351 Å². The van der Waals surface area contributed by atoms with E-state index in [-0.39, 0.29) is 53.1 Å². The van der Waals surface area contributed by atoms with Crippen LogP contribution in [0.5, 0.6) is 0 Å². The number of H-pyrrole nitrogens is 1. The lowest BCUT2D eigenvalue weighted by Crippen LogP contribution is -2.28. The molecule has 5 atom stereocenters. The number of anilines is 2. The van der Waals surface area contributed by atoms with Gasteiger partial charge in [0.25, 0.3) is 5.56 Å². The highest BCUT2D eigenvalue weighted by Crippen LogP contribution is 2.66. The SMILES string of the molecule is Cc1c(CC(=O)NCC#Cc2cn([C@H]3C[C@@H](O)C(COP(=O)(O)OP(=O)(O)OP(=O)(O)O)O3)c3nc(N)[nH]c(=O)c23)c(=O)oc2cc(N)ccc12. The highest BCUT2D eigenvalue weighted by atomic mass is 31.3. The zero-order valence-electron chi connectivity index (χ0n) is 26.0. The number of fused-ring (bicyclic) bond motifs is 2. The zero-order valence-corrected chi connectivity index (χ0v) is 28.7. The van der Waals surface area contributed by atoms with E-state index in [0.717, 1.165) is 0 Å². The number of nitrogens with zero attached hydrogens (tertiary/aromatic N) is 2. The third-order valence-electron chi connectivity index (χ3n) is 7.28. The fraction of sp³-hybridized carbons (Fsp3) is 0.308. The van der Waals surface area contributed by atoms with E-state index in [0.29, 0.717) is 16.6 Å². The molecule has 5 rings (SSSR count). The standard InChI is InChI=1S/C26H29N6O16P3/c1-12-15-5-4-14(27)7-18(15)46-25(36)16(12)8-20(34)29-6-2-3-13-10-32(23-22(13)24(35)31-26(28)30-23)21-9-17(33)19(45-21)11-44-50(40,41)48-51(42,43)47-49(37,38)39/h4-5,7,10,17,19,21,33H,6,8-9,11,27H2,1H3,(H,29,34)(H,40,41)(H,42,43)(H2,37,38,39)(H3,28,30,31,35)/t17-,19?,21-/m1/s1. The van der Waals surface area contributed by atoms with Gasteiger partial charge in [0.2, 0.25) is 11.9 Å². The van der Waals surface area contributed by atoms with Crippen LogP contribution in [0.4, 0.5) is 11.6 Å². The van der Waals surface area contributed by atoms with E-state index in [1.165, 1.54) is 16.8 Å². The van der Waals surface area contributed by atoms with Crippen LogP contribution in [0.15, 0.2) is 38.4 Å². The number of aliphatic hydroxyl groups excluding tert-OH is 1. The number of carbonyl (C=O) groups is 1. The van der Waals surface area contributed by atoms with Crippen molar-refractivity contribution in [3.63, 3.8) is 0 Å². The summed E-state index contributed by atoms with van der Waals surface area (Å²) < 4.78 is 58.7. The van der Waals surface area contributed by atoms with Crippen molar-refractivity contribution in [2.75, 3.05) is 24.6 Å². The first-order valence-corrected chi connectivity index (χ1v) is 18.8.